The lowest BCUT2D eigenvalue weighted by atomic mass is 10.1. The summed E-state index contributed by atoms with van der Waals surface area (Å²) in [5.74, 6) is 0.0443. The number of thiophene rings is 1. The quantitative estimate of drug-likeness (QED) is 0.361. The molecule has 3 aromatic heterocycles. The predicted molar refractivity (Wildman–Crippen MR) is 140 cm³/mol. The number of piperazine rings is 1. The summed E-state index contributed by atoms with van der Waals surface area (Å²) >= 11 is 1.07. The first-order valence-corrected chi connectivity index (χ1v) is 13.0. The zero-order chi connectivity index (χ0) is 26.7. The van der Waals surface area contributed by atoms with E-state index in [2.05, 4.69) is 26.9 Å². The average molecular weight is 545 g/mol. The maximum Gasteiger partial charge on any atom is 0.405 e. The Labute approximate surface area is 221 Å². The number of rotatable bonds is 8. The van der Waals surface area contributed by atoms with Gasteiger partial charge in [0, 0.05) is 56.2 Å². The lowest BCUT2D eigenvalue weighted by Gasteiger charge is -2.32. The van der Waals surface area contributed by atoms with Crippen molar-refractivity contribution in [3.05, 3.63) is 59.2 Å². The summed E-state index contributed by atoms with van der Waals surface area (Å²) in [7, 11) is 2.14. The third kappa shape index (κ3) is 6.32. The lowest BCUT2D eigenvalue weighted by Crippen LogP contribution is -2.45. The number of alkyl halides is 3. The number of halogens is 3. The number of fused-ring (bicyclic) bond motifs is 1. The van der Waals surface area contributed by atoms with E-state index in [9.17, 15) is 18.0 Å². The van der Waals surface area contributed by atoms with Gasteiger partial charge in [0.2, 0.25) is 0 Å². The molecule has 0 radical (unpaired) electrons. The van der Waals surface area contributed by atoms with Crippen LogP contribution in [0.5, 0.6) is 5.75 Å². The van der Waals surface area contributed by atoms with Gasteiger partial charge in [-0.1, -0.05) is 12.1 Å². The number of nitrogens with one attached hydrogen (secondary N) is 1. The number of carbonyl (C=O) groups excluding carboxylic acids is 1. The fraction of sp³-hybridized carbons (Fsp3) is 0.346. The minimum atomic E-state index is -4.46. The molecule has 38 heavy (non-hydrogen) atoms. The number of benzene rings is 1. The van der Waals surface area contributed by atoms with Gasteiger partial charge in [0.15, 0.2) is 5.65 Å². The molecule has 4 heterocycles. The van der Waals surface area contributed by atoms with E-state index in [-0.39, 0.29) is 4.88 Å². The molecule has 0 aliphatic carbocycles. The van der Waals surface area contributed by atoms with Gasteiger partial charge in [0.1, 0.15) is 18.9 Å². The van der Waals surface area contributed by atoms with Crippen LogP contribution in [0.3, 0.4) is 0 Å². The standard InChI is InChI=1S/C26H27F3N6O2S/c1-33-6-8-34(9-7-33)10-11-37-21-4-2-18(3-5-21)20-13-30-24-22(14-32-35(24)15-20)19-12-23(38-16-19)25(36)31-17-26(27,28)29/h2-5,12-16H,6-11,17H2,1H3,(H,31,36). The molecule has 4 aromatic rings. The van der Waals surface area contributed by atoms with Crippen molar-refractivity contribution in [2.45, 2.75) is 6.18 Å². The first kappa shape index (κ1) is 26.1. The van der Waals surface area contributed by atoms with Crippen molar-refractivity contribution in [1.82, 2.24) is 29.7 Å². The normalized spacial score (nSPS) is 15.2. The third-order valence-corrected chi connectivity index (χ3v) is 7.33. The Balaban J connectivity index is 1.22. The van der Waals surface area contributed by atoms with Crippen molar-refractivity contribution in [2.75, 3.05) is 52.9 Å². The fourth-order valence-corrected chi connectivity index (χ4v) is 5.02. The Morgan fingerprint density at radius 1 is 1.08 bits per heavy atom. The Morgan fingerprint density at radius 3 is 2.58 bits per heavy atom. The monoisotopic (exact) mass is 544 g/mol. The number of carbonyl (C=O) groups is 1. The molecule has 1 aliphatic rings. The summed E-state index contributed by atoms with van der Waals surface area (Å²) in [5.41, 5.74) is 3.76. The van der Waals surface area contributed by atoms with Crippen LogP contribution in [0.4, 0.5) is 13.2 Å². The first-order valence-electron chi connectivity index (χ1n) is 12.2. The van der Waals surface area contributed by atoms with Crippen LogP contribution in [0.1, 0.15) is 9.67 Å². The summed E-state index contributed by atoms with van der Waals surface area (Å²) in [6.07, 6.45) is 0.770. The second-order valence-corrected chi connectivity index (χ2v) is 10.1. The van der Waals surface area contributed by atoms with Crippen molar-refractivity contribution >= 4 is 22.9 Å². The summed E-state index contributed by atoms with van der Waals surface area (Å²) in [6.45, 7) is 4.47. The molecule has 1 saturated heterocycles. The molecule has 0 saturated carbocycles. The molecule has 1 N–H and O–H groups in total. The van der Waals surface area contributed by atoms with E-state index in [0.717, 1.165) is 60.9 Å². The minimum Gasteiger partial charge on any atom is -0.492 e. The molecule has 0 atom stereocenters. The van der Waals surface area contributed by atoms with Gasteiger partial charge in [0.25, 0.3) is 5.91 Å². The van der Waals surface area contributed by atoms with E-state index in [1.165, 1.54) is 0 Å². The molecule has 1 aromatic carbocycles. The number of hydrogen-bond donors (Lipinski definition) is 1. The Kier molecular flexibility index (Phi) is 7.63. The van der Waals surface area contributed by atoms with Crippen LogP contribution in [0.25, 0.3) is 27.9 Å². The maximum absolute atomic E-state index is 12.4. The maximum atomic E-state index is 12.4. The van der Waals surface area contributed by atoms with Crippen LogP contribution in [0.2, 0.25) is 0 Å². The van der Waals surface area contributed by atoms with E-state index in [1.54, 1.807) is 28.4 Å². The van der Waals surface area contributed by atoms with Crippen molar-refractivity contribution < 1.29 is 22.7 Å². The zero-order valence-corrected chi connectivity index (χ0v) is 21.6. The molecule has 1 aliphatic heterocycles. The molecule has 1 fully saturated rings. The summed E-state index contributed by atoms with van der Waals surface area (Å²) < 4.78 is 44.8. The molecular formula is C26H27F3N6O2S. The molecule has 8 nitrogen and oxygen atoms in total. The molecule has 0 bridgehead atoms. The van der Waals surface area contributed by atoms with Crippen LogP contribution in [-0.2, 0) is 0 Å². The number of aromatic nitrogens is 3. The highest BCUT2D eigenvalue weighted by atomic mass is 32.1. The molecule has 5 rings (SSSR count). The second kappa shape index (κ2) is 11.1. The van der Waals surface area contributed by atoms with Gasteiger partial charge in [-0.2, -0.15) is 18.3 Å². The molecule has 200 valence electrons. The third-order valence-electron chi connectivity index (χ3n) is 6.40. The Morgan fingerprint density at radius 2 is 1.84 bits per heavy atom. The number of hydrogen-bond acceptors (Lipinski definition) is 7. The summed E-state index contributed by atoms with van der Waals surface area (Å²) in [4.78, 5) is 21.5. The van der Waals surface area contributed by atoms with E-state index < -0.39 is 18.6 Å². The van der Waals surface area contributed by atoms with E-state index >= 15 is 0 Å². The summed E-state index contributed by atoms with van der Waals surface area (Å²) in [6, 6.07) is 9.38. The predicted octanol–water partition coefficient (Wildman–Crippen LogP) is 4.04. The Bertz CT molecular complexity index is 1390. The van der Waals surface area contributed by atoms with Gasteiger partial charge in [-0.15, -0.1) is 11.3 Å². The van der Waals surface area contributed by atoms with Gasteiger partial charge in [-0.05, 0) is 41.8 Å². The largest absolute Gasteiger partial charge is 0.492 e. The van der Waals surface area contributed by atoms with Gasteiger partial charge >= 0.3 is 6.18 Å². The molecule has 12 heteroatoms. The van der Waals surface area contributed by atoms with Crippen molar-refractivity contribution in [3.63, 3.8) is 0 Å². The summed E-state index contributed by atoms with van der Waals surface area (Å²) in [5, 5.41) is 7.98. The van der Waals surface area contributed by atoms with Gasteiger partial charge in [-0.25, -0.2) is 9.50 Å². The van der Waals surface area contributed by atoms with Crippen LogP contribution in [-0.4, -0.2) is 89.4 Å². The van der Waals surface area contributed by atoms with Crippen LogP contribution in [0, 0.1) is 0 Å². The van der Waals surface area contributed by atoms with Crippen LogP contribution < -0.4 is 10.1 Å². The van der Waals surface area contributed by atoms with Gasteiger partial charge in [-0.3, -0.25) is 9.69 Å². The molecule has 0 unspecified atom stereocenters. The number of likely N-dealkylation sites (N-methyl/N-ethyl adjacent to an activating group) is 1. The van der Waals surface area contributed by atoms with E-state index in [4.69, 9.17) is 4.74 Å². The number of ether oxygens (including phenoxy) is 1. The highest BCUT2D eigenvalue weighted by Gasteiger charge is 2.28. The smallest absolute Gasteiger partial charge is 0.405 e. The van der Waals surface area contributed by atoms with E-state index in [0.29, 0.717) is 23.4 Å². The van der Waals surface area contributed by atoms with Crippen molar-refractivity contribution in [1.29, 1.82) is 0 Å². The fourth-order valence-electron chi connectivity index (χ4n) is 4.20. The zero-order valence-electron chi connectivity index (χ0n) is 20.7. The highest BCUT2D eigenvalue weighted by molar-refractivity contribution is 7.12. The van der Waals surface area contributed by atoms with Crippen molar-refractivity contribution in [2.24, 2.45) is 0 Å². The molecular weight excluding hydrogens is 517 g/mol. The molecule has 0 spiro atoms. The highest BCUT2D eigenvalue weighted by Crippen LogP contribution is 2.30. The minimum absolute atomic E-state index is 0.186. The van der Waals surface area contributed by atoms with Gasteiger partial charge < -0.3 is 15.0 Å². The van der Waals surface area contributed by atoms with Gasteiger partial charge in [0.05, 0.1) is 11.1 Å². The van der Waals surface area contributed by atoms with E-state index in [1.807, 2.05) is 35.8 Å². The number of nitrogens with zero attached hydrogens (tertiary/aromatic N) is 5. The van der Waals surface area contributed by atoms with Crippen LogP contribution in [0.15, 0.2) is 54.3 Å². The van der Waals surface area contributed by atoms with Crippen molar-refractivity contribution in [3.8, 4) is 28.0 Å². The average Bonchev–Trinajstić information content (AvgIpc) is 3.55. The topological polar surface area (TPSA) is 75.0 Å². The SMILES string of the molecule is CN1CCN(CCOc2ccc(-c3cnc4c(-c5csc(C(=O)NCC(F)(F)F)c5)cnn4c3)cc2)CC1. The number of amides is 1. The Hall–Kier alpha value is -3.48. The first-order chi connectivity index (χ1) is 18.2. The second-order valence-electron chi connectivity index (χ2n) is 9.18. The lowest BCUT2D eigenvalue weighted by molar-refractivity contribution is -0.123. The van der Waals surface area contributed by atoms with Crippen LogP contribution >= 0.6 is 11.3 Å². The molecule has 1 amide bonds.